The van der Waals surface area contributed by atoms with Crippen LogP contribution in [-0.2, 0) is 14.6 Å². The van der Waals surface area contributed by atoms with E-state index in [2.05, 4.69) is 9.88 Å². The average molecular weight is 436 g/mol. The van der Waals surface area contributed by atoms with Crippen LogP contribution in [-0.4, -0.2) is 68.9 Å². The number of carbonyl (C=O) groups excluding carboxylic acids is 1. The fourth-order valence-corrected chi connectivity index (χ4v) is 3.94. The summed E-state index contributed by atoms with van der Waals surface area (Å²) in [5.74, 6) is 0.355. The zero-order chi connectivity index (χ0) is 20.9. The quantitative estimate of drug-likeness (QED) is 0.692. The van der Waals surface area contributed by atoms with Crippen LogP contribution in [0.3, 0.4) is 0 Å². The summed E-state index contributed by atoms with van der Waals surface area (Å²) < 4.78 is 30.4. The number of hydrogen-bond acceptors (Lipinski definition) is 6. The van der Waals surface area contributed by atoms with Crippen molar-refractivity contribution in [1.29, 1.82) is 0 Å². The minimum absolute atomic E-state index is 0.0755. The minimum atomic E-state index is -3.66. The summed E-state index contributed by atoms with van der Waals surface area (Å²) in [6.45, 7) is 2.98. The van der Waals surface area contributed by atoms with Crippen molar-refractivity contribution in [3.63, 3.8) is 0 Å². The van der Waals surface area contributed by atoms with Gasteiger partial charge in [0.05, 0.1) is 15.6 Å². The highest BCUT2D eigenvalue weighted by molar-refractivity contribution is 7.94. The highest BCUT2D eigenvalue weighted by Gasteiger charge is 2.19. The second-order valence-electron chi connectivity index (χ2n) is 6.66. The van der Waals surface area contributed by atoms with Crippen molar-refractivity contribution >= 4 is 33.4 Å². The summed E-state index contributed by atoms with van der Waals surface area (Å²) in [7, 11) is -1.64. The van der Waals surface area contributed by atoms with Gasteiger partial charge < -0.3 is 14.5 Å². The maximum absolute atomic E-state index is 12.5. The van der Waals surface area contributed by atoms with Gasteiger partial charge in [-0.3, -0.25) is 9.78 Å². The predicted octanol–water partition coefficient (Wildman–Crippen LogP) is 2.33. The van der Waals surface area contributed by atoms with Crippen LogP contribution in [0.15, 0.2) is 52.9 Å². The number of halogens is 1. The number of likely N-dealkylation sites (N-methyl/N-ethyl adjacent to an activating group) is 1. The molecule has 7 nitrogen and oxygen atoms in total. The van der Waals surface area contributed by atoms with Crippen molar-refractivity contribution in [2.24, 2.45) is 0 Å². The van der Waals surface area contributed by atoms with E-state index in [9.17, 15) is 13.2 Å². The lowest BCUT2D eigenvalue weighted by molar-refractivity contribution is -0.134. The molecule has 0 unspecified atom stereocenters. The lowest BCUT2D eigenvalue weighted by atomic mass is 10.3. The second kappa shape index (κ2) is 9.39. The van der Waals surface area contributed by atoms with Gasteiger partial charge in [-0.05, 0) is 49.5 Å². The van der Waals surface area contributed by atoms with Crippen LogP contribution in [0.2, 0.25) is 5.02 Å². The van der Waals surface area contributed by atoms with Crippen molar-refractivity contribution in [3.8, 4) is 5.75 Å². The van der Waals surface area contributed by atoms with Gasteiger partial charge in [0.25, 0.3) is 5.91 Å². The van der Waals surface area contributed by atoms with E-state index in [0.717, 1.165) is 18.5 Å². The van der Waals surface area contributed by atoms with Gasteiger partial charge in [0.15, 0.2) is 16.4 Å². The summed E-state index contributed by atoms with van der Waals surface area (Å²) in [5.41, 5.74) is 0.375. The molecule has 9 heteroatoms. The van der Waals surface area contributed by atoms with E-state index in [1.54, 1.807) is 17.0 Å². The van der Waals surface area contributed by atoms with E-state index in [4.69, 9.17) is 16.3 Å². The molecule has 0 radical (unpaired) electrons. The van der Waals surface area contributed by atoms with E-state index in [0.29, 0.717) is 29.6 Å². The summed E-state index contributed by atoms with van der Waals surface area (Å²) in [5, 5.41) is 1.43. The zero-order valence-electron chi connectivity index (χ0n) is 16.0. The number of rotatable bonds is 6. The van der Waals surface area contributed by atoms with Gasteiger partial charge in [0.1, 0.15) is 5.75 Å². The number of carbonyl (C=O) groups is 1. The first-order valence-corrected chi connectivity index (χ1v) is 11.0. The van der Waals surface area contributed by atoms with Crippen molar-refractivity contribution in [2.75, 3.05) is 39.8 Å². The van der Waals surface area contributed by atoms with Crippen molar-refractivity contribution < 1.29 is 17.9 Å². The molecule has 0 N–H and O–H groups in total. The Morgan fingerprint density at radius 3 is 2.52 bits per heavy atom. The number of pyridine rings is 1. The van der Waals surface area contributed by atoms with Gasteiger partial charge >= 0.3 is 0 Å². The average Bonchev–Trinajstić information content (AvgIpc) is 2.72. The van der Waals surface area contributed by atoms with Crippen LogP contribution < -0.4 is 4.74 Å². The summed E-state index contributed by atoms with van der Waals surface area (Å²) in [4.78, 5) is 20.3. The molecule has 0 bridgehead atoms. The van der Waals surface area contributed by atoms with E-state index in [1.165, 1.54) is 36.5 Å². The first-order chi connectivity index (χ1) is 13.8. The lowest BCUT2D eigenvalue weighted by Crippen LogP contribution is -2.48. The first-order valence-electron chi connectivity index (χ1n) is 9.08. The Bertz CT molecular complexity index is 985. The number of hydrogen-bond donors (Lipinski definition) is 0. The Morgan fingerprint density at radius 1 is 1.17 bits per heavy atom. The molecule has 0 aliphatic carbocycles. The smallest absolute Gasteiger partial charge is 0.260 e. The van der Waals surface area contributed by atoms with Crippen LogP contribution in [0.4, 0.5) is 0 Å². The van der Waals surface area contributed by atoms with E-state index >= 15 is 0 Å². The van der Waals surface area contributed by atoms with Crippen LogP contribution in [0.5, 0.6) is 5.75 Å². The molecule has 0 atom stereocenters. The maximum atomic E-state index is 12.5. The molecule has 1 aliphatic rings. The van der Waals surface area contributed by atoms with Gasteiger partial charge in [-0.25, -0.2) is 8.42 Å². The number of ether oxygens (including phenoxy) is 1. The zero-order valence-corrected chi connectivity index (χ0v) is 17.6. The van der Waals surface area contributed by atoms with Crippen molar-refractivity contribution in [1.82, 2.24) is 14.8 Å². The molecule has 154 valence electrons. The van der Waals surface area contributed by atoms with Gasteiger partial charge in [0, 0.05) is 37.8 Å². The molecule has 2 heterocycles. The van der Waals surface area contributed by atoms with E-state index in [-0.39, 0.29) is 17.4 Å². The molecule has 0 spiro atoms. The van der Waals surface area contributed by atoms with Crippen molar-refractivity contribution in [2.45, 2.75) is 4.90 Å². The number of piperazine rings is 1. The number of benzene rings is 1. The third-order valence-electron chi connectivity index (χ3n) is 4.56. The Kier molecular flexibility index (Phi) is 6.89. The maximum Gasteiger partial charge on any atom is 0.260 e. The SMILES string of the molecule is CN1CCN(C(=O)COc2ccc(S(=O)(=O)C=Cc3ncccc3Cl)cc2)CC1. The Balaban J connectivity index is 1.59. The highest BCUT2D eigenvalue weighted by Crippen LogP contribution is 2.20. The molecule has 1 fully saturated rings. The van der Waals surface area contributed by atoms with Crippen LogP contribution in [0, 0.1) is 0 Å². The number of aromatic nitrogens is 1. The molecule has 1 amide bonds. The normalized spacial score (nSPS) is 15.6. The third-order valence-corrected chi connectivity index (χ3v) is 6.31. The van der Waals surface area contributed by atoms with Crippen LogP contribution in [0.25, 0.3) is 6.08 Å². The van der Waals surface area contributed by atoms with Crippen LogP contribution >= 0.6 is 11.6 Å². The fraction of sp³-hybridized carbons (Fsp3) is 0.300. The second-order valence-corrected chi connectivity index (χ2v) is 8.90. The van der Waals surface area contributed by atoms with Gasteiger partial charge in [-0.1, -0.05) is 11.6 Å². The minimum Gasteiger partial charge on any atom is -0.484 e. The monoisotopic (exact) mass is 435 g/mol. The van der Waals surface area contributed by atoms with Crippen molar-refractivity contribution in [3.05, 3.63) is 58.7 Å². The Labute approximate surface area is 175 Å². The number of sulfone groups is 1. The lowest BCUT2D eigenvalue weighted by Gasteiger charge is -2.32. The molecule has 29 heavy (non-hydrogen) atoms. The number of nitrogens with zero attached hydrogens (tertiary/aromatic N) is 3. The van der Waals surface area contributed by atoms with E-state index < -0.39 is 9.84 Å². The highest BCUT2D eigenvalue weighted by atomic mass is 35.5. The summed E-state index contributed by atoms with van der Waals surface area (Å²) in [6, 6.07) is 9.25. The van der Waals surface area contributed by atoms with Gasteiger partial charge in [0.2, 0.25) is 0 Å². The molecule has 1 aliphatic heterocycles. The molecule has 3 rings (SSSR count). The third kappa shape index (κ3) is 5.79. The molecule has 1 aromatic carbocycles. The molecule has 2 aromatic rings. The molecule has 1 saturated heterocycles. The van der Waals surface area contributed by atoms with Crippen LogP contribution in [0.1, 0.15) is 5.69 Å². The standard InChI is InChI=1S/C20H22ClN3O4S/c1-23-10-12-24(13-11-23)20(25)15-28-16-4-6-17(7-5-16)29(26,27)14-8-19-18(21)3-2-9-22-19/h2-9,14H,10-13,15H2,1H3. The molecular formula is C20H22ClN3O4S. The topological polar surface area (TPSA) is 79.8 Å². The Hall–Kier alpha value is -2.42. The number of amides is 1. The summed E-state index contributed by atoms with van der Waals surface area (Å²) in [6.07, 6.45) is 2.89. The first kappa shape index (κ1) is 21.3. The molecule has 1 aromatic heterocycles. The summed E-state index contributed by atoms with van der Waals surface area (Å²) >= 11 is 5.98. The van der Waals surface area contributed by atoms with E-state index in [1.807, 2.05) is 7.05 Å². The largest absolute Gasteiger partial charge is 0.484 e. The molecule has 0 saturated carbocycles. The van der Waals surface area contributed by atoms with Gasteiger partial charge in [-0.2, -0.15) is 0 Å². The molecular weight excluding hydrogens is 414 g/mol. The fourth-order valence-electron chi connectivity index (χ4n) is 2.77. The van der Waals surface area contributed by atoms with Gasteiger partial charge in [-0.15, -0.1) is 0 Å². The predicted molar refractivity (Wildman–Crippen MR) is 111 cm³/mol. The Morgan fingerprint density at radius 2 is 1.86 bits per heavy atom.